The predicted molar refractivity (Wildman–Crippen MR) is 113 cm³/mol. The van der Waals surface area contributed by atoms with Crippen LogP contribution in [0.25, 0.3) is 5.70 Å². The highest BCUT2D eigenvalue weighted by molar-refractivity contribution is 7.89. The van der Waals surface area contributed by atoms with E-state index in [4.69, 9.17) is 0 Å². The lowest BCUT2D eigenvalue weighted by molar-refractivity contribution is -0.119. The number of fused-ring (bicyclic) bond motifs is 1. The summed E-state index contributed by atoms with van der Waals surface area (Å²) in [5.41, 5.74) is 3.13. The van der Waals surface area contributed by atoms with Crippen LogP contribution >= 0.6 is 0 Å². The number of benzene rings is 1. The van der Waals surface area contributed by atoms with Crippen LogP contribution in [0.1, 0.15) is 57.6 Å². The maximum absolute atomic E-state index is 12.9. The molecule has 1 aromatic carbocycles. The Morgan fingerprint density at radius 3 is 2.61 bits per heavy atom. The molecule has 1 saturated heterocycles. The quantitative estimate of drug-likeness (QED) is 0.739. The predicted octanol–water partition coefficient (Wildman–Crippen LogP) is 3.36. The molecule has 0 saturated carbocycles. The first-order valence-electron chi connectivity index (χ1n) is 10.3. The molecule has 0 aromatic heterocycles. The zero-order valence-electron chi connectivity index (χ0n) is 17.2. The topological polar surface area (TPSA) is 66.5 Å². The Labute approximate surface area is 169 Å². The van der Waals surface area contributed by atoms with Gasteiger partial charge in [-0.25, -0.2) is 12.7 Å². The van der Waals surface area contributed by atoms with Gasteiger partial charge in [0.05, 0.1) is 5.75 Å². The van der Waals surface area contributed by atoms with E-state index in [1.807, 2.05) is 19.1 Å². The number of unbranched alkanes of at least 4 members (excludes halogenated alkanes) is 1. The van der Waals surface area contributed by atoms with Crippen LogP contribution in [-0.4, -0.2) is 42.9 Å². The van der Waals surface area contributed by atoms with Gasteiger partial charge in [0.25, 0.3) is 0 Å². The Morgan fingerprint density at radius 2 is 1.93 bits per heavy atom. The summed E-state index contributed by atoms with van der Waals surface area (Å²) in [6, 6.07) is 8.21. The zero-order chi connectivity index (χ0) is 20.4. The van der Waals surface area contributed by atoms with Gasteiger partial charge in [-0.3, -0.25) is 4.79 Å². The second kappa shape index (κ2) is 8.37. The van der Waals surface area contributed by atoms with E-state index >= 15 is 0 Å². The molecule has 0 unspecified atom stereocenters. The first-order valence-corrected chi connectivity index (χ1v) is 11.9. The summed E-state index contributed by atoms with van der Waals surface area (Å²) in [4.78, 5) is 12.9. The normalized spacial score (nSPS) is 21.9. The van der Waals surface area contributed by atoms with Crippen molar-refractivity contribution in [2.24, 2.45) is 5.92 Å². The summed E-state index contributed by atoms with van der Waals surface area (Å²) in [6.07, 6.45) is 5.41. The van der Waals surface area contributed by atoms with Gasteiger partial charge in [-0.2, -0.15) is 0 Å². The minimum absolute atomic E-state index is 0.0978. The van der Waals surface area contributed by atoms with Crippen molar-refractivity contribution < 1.29 is 13.2 Å². The molecule has 0 aliphatic carbocycles. The van der Waals surface area contributed by atoms with Crippen molar-refractivity contribution in [2.75, 3.05) is 18.8 Å². The van der Waals surface area contributed by atoms with Crippen molar-refractivity contribution in [1.29, 1.82) is 0 Å². The molecule has 0 atom stereocenters. The molecule has 3 rings (SSSR count). The Bertz CT molecular complexity index is 850. The van der Waals surface area contributed by atoms with Gasteiger partial charge in [0.15, 0.2) is 5.78 Å². The van der Waals surface area contributed by atoms with E-state index in [1.165, 1.54) is 5.56 Å². The molecule has 1 fully saturated rings. The minimum Gasteiger partial charge on any atom is -0.379 e. The summed E-state index contributed by atoms with van der Waals surface area (Å²) in [5.74, 6) is 0.201. The third-order valence-corrected chi connectivity index (χ3v) is 7.66. The molecule has 28 heavy (non-hydrogen) atoms. The van der Waals surface area contributed by atoms with E-state index in [9.17, 15) is 13.2 Å². The lowest BCUT2D eigenvalue weighted by Gasteiger charge is -2.36. The highest BCUT2D eigenvalue weighted by Gasteiger charge is 2.32. The molecule has 2 aliphatic heterocycles. The number of rotatable bonds is 6. The van der Waals surface area contributed by atoms with Crippen LogP contribution in [0.2, 0.25) is 0 Å². The molecule has 154 valence electrons. The van der Waals surface area contributed by atoms with E-state index in [1.54, 1.807) is 10.4 Å². The molecule has 5 nitrogen and oxygen atoms in total. The summed E-state index contributed by atoms with van der Waals surface area (Å²) >= 11 is 0. The van der Waals surface area contributed by atoms with Gasteiger partial charge in [-0.05, 0) is 45.1 Å². The summed E-state index contributed by atoms with van der Waals surface area (Å²) < 4.78 is 26.3. The summed E-state index contributed by atoms with van der Waals surface area (Å²) in [6.45, 7) is 7.16. The standard InChI is InChI=1S/C22H32N2O3S/c1-4-5-14-28(26,27)24-12-10-17(11-13-24)21(25)15-20-19-9-7-6-8-18(19)16-22(2,3)23-20/h6-9,15,17,23H,4-5,10-14,16H2,1-3H3. The van der Waals surface area contributed by atoms with Crippen molar-refractivity contribution in [3.05, 3.63) is 41.5 Å². The van der Waals surface area contributed by atoms with Crippen LogP contribution in [0.5, 0.6) is 0 Å². The first kappa shape index (κ1) is 21.1. The van der Waals surface area contributed by atoms with Gasteiger partial charge in [0.1, 0.15) is 0 Å². The van der Waals surface area contributed by atoms with E-state index in [-0.39, 0.29) is 23.0 Å². The van der Waals surface area contributed by atoms with Crippen LogP contribution < -0.4 is 5.32 Å². The third-order valence-electron chi connectivity index (χ3n) is 5.71. The number of ketones is 1. The largest absolute Gasteiger partial charge is 0.379 e. The van der Waals surface area contributed by atoms with Crippen molar-refractivity contribution in [1.82, 2.24) is 9.62 Å². The van der Waals surface area contributed by atoms with Gasteiger partial charge >= 0.3 is 0 Å². The molecule has 1 aromatic rings. The Kier molecular flexibility index (Phi) is 6.30. The maximum Gasteiger partial charge on any atom is 0.214 e. The summed E-state index contributed by atoms with van der Waals surface area (Å²) in [7, 11) is -3.18. The van der Waals surface area contributed by atoms with Crippen LogP contribution in [0.15, 0.2) is 30.3 Å². The average molecular weight is 405 g/mol. The number of hydrogen-bond donors (Lipinski definition) is 1. The van der Waals surface area contributed by atoms with Gasteiger partial charge in [-0.1, -0.05) is 37.6 Å². The van der Waals surface area contributed by atoms with Gasteiger partial charge in [0.2, 0.25) is 10.0 Å². The monoisotopic (exact) mass is 404 g/mol. The van der Waals surface area contributed by atoms with Gasteiger partial charge in [0, 0.05) is 41.9 Å². The fourth-order valence-electron chi connectivity index (χ4n) is 4.14. The Morgan fingerprint density at radius 1 is 1.25 bits per heavy atom. The van der Waals surface area contributed by atoms with Crippen LogP contribution in [0.3, 0.4) is 0 Å². The molecule has 2 heterocycles. The van der Waals surface area contributed by atoms with Crippen molar-refractivity contribution in [3.63, 3.8) is 0 Å². The van der Waals surface area contributed by atoms with E-state index in [2.05, 4.69) is 31.3 Å². The zero-order valence-corrected chi connectivity index (χ0v) is 18.0. The molecule has 0 amide bonds. The van der Waals surface area contributed by atoms with Gasteiger partial charge in [-0.15, -0.1) is 0 Å². The smallest absolute Gasteiger partial charge is 0.214 e. The van der Waals surface area contributed by atoms with Crippen molar-refractivity contribution >= 4 is 21.5 Å². The number of piperidine rings is 1. The highest BCUT2D eigenvalue weighted by atomic mass is 32.2. The van der Waals surface area contributed by atoms with Crippen molar-refractivity contribution in [2.45, 2.75) is 58.4 Å². The fraction of sp³-hybridized carbons (Fsp3) is 0.591. The maximum atomic E-state index is 12.9. The second-order valence-corrected chi connectivity index (χ2v) is 10.7. The number of hydrogen-bond acceptors (Lipinski definition) is 4. The molecule has 1 N–H and O–H groups in total. The average Bonchev–Trinajstić information content (AvgIpc) is 2.65. The molecule has 0 spiro atoms. The van der Waals surface area contributed by atoms with Crippen LogP contribution in [0, 0.1) is 5.92 Å². The number of carbonyl (C=O) groups is 1. The van der Waals surface area contributed by atoms with E-state index in [0.29, 0.717) is 32.4 Å². The van der Waals surface area contributed by atoms with Gasteiger partial charge < -0.3 is 5.32 Å². The Balaban J connectivity index is 1.69. The molecule has 0 bridgehead atoms. The van der Waals surface area contributed by atoms with E-state index < -0.39 is 10.0 Å². The molecular formula is C22H32N2O3S. The van der Waals surface area contributed by atoms with Crippen LogP contribution in [-0.2, 0) is 21.2 Å². The van der Waals surface area contributed by atoms with E-state index in [0.717, 1.165) is 24.1 Å². The SMILES string of the molecule is CCCCS(=O)(=O)N1CCC(C(=O)C=C2NC(C)(C)Cc3ccccc32)CC1. The second-order valence-electron chi connectivity index (χ2n) is 8.65. The lowest BCUT2D eigenvalue weighted by Crippen LogP contribution is -2.44. The Hall–Kier alpha value is -1.66. The minimum atomic E-state index is -3.18. The number of nitrogens with zero attached hydrogens (tertiary/aromatic N) is 1. The molecular weight excluding hydrogens is 372 g/mol. The first-order chi connectivity index (χ1) is 13.2. The van der Waals surface area contributed by atoms with Crippen molar-refractivity contribution in [3.8, 4) is 0 Å². The fourth-order valence-corrected chi connectivity index (χ4v) is 5.82. The number of carbonyl (C=O) groups excluding carboxylic acids is 1. The summed E-state index contributed by atoms with van der Waals surface area (Å²) in [5, 5.41) is 3.51. The number of sulfonamides is 1. The highest BCUT2D eigenvalue weighted by Crippen LogP contribution is 2.30. The lowest BCUT2D eigenvalue weighted by atomic mass is 9.84. The molecule has 6 heteroatoms. The van der Waals surface area contributed by atoms with Crippen LogP contribution in [0.4, 0.5) is 0 Å². The number of allylic oxidation sites excluding steroid dienone is 1. The molecule has 0 radical (unpaired) electrons. The number of nitrogens with one attached hydrogen (secondary N) is 1. The third kappa shape index (κ3) is 4.84. The molecule has 2 aliphatic rings.